The molecule has 1 saturated heterocycles. The molecule has 2 fully saturated rings. The van der Waals surface area contributed by atoms with Gasteiger partial charge in [0.15, 0.2) is 0 Å². The topological polar surface area (TPSA) is 23.5 Å². The number of halogens is 1. The number of nitrogens with zero attached hydrogens (tertiary/aromatic N) is 1. The number of hydrogen-bond acceptors (Lipinski definition) is 2. The first-order chi connectivity index (χ1) is 8.66. The van der Waals surface area contributed by atoms with Crippen molar-refractivity contribution >= 4 is 5.69 Å². The summed E-state index contributed by atoms with van der Waals surface area (Å²) in [6.45, 7) is 3.68. The molecule has 18 heavy (non-hydrogen) atoms. The summed E-state index contributed by atoms with van der Waals surface area (Å²) in [7, 11) is 0. The number of aliphatic hydroxyl groups is 1. The van der Waals surface area contributed by atoms with Crippen LogP contribution in [0.4, 0.5) is 10.1 Å². The van der Waals surface area contributed by atoms with E-state index in [0.29, 0.717) is 5.56 Å². The van der Waals surface area contributed by atoms with Crippen LogP contribution in [-0.4, -0.2) is 18.2 Å². The van der Waals surface area contributed by atoms with Crippen molar-refractivity contribution in [3.63, 3.8) is 0 Å². The molecule has 1 aromatic rings. The van der Waals surface area contributed by atoms with Crippen molar-refractivity contribution in [2.45, 2.75) is 32.3 Å². The molecule has 1 saturated carbocycles. The van der Waals surface area contributed by atoms with Gasteiger partial charge in [-0.2, -0.15) is 0 Å². The molecular formula is C15H20FNO. The number of benzene rings is 1. The molecule has 1 heterocycles. The average Bonchev–Trinajstić information content (AvgIpc) is 2.87. The normalized spacial score (nSPS) is 28.5. The van der Waals surface area contributed by atoms with Crippen LogP contribution in [0, 0.1) is 17.7 Å². The molecule has 3 rings (SSSR count). The van der Waals surface area contributed by atoms with Gasteiger partial charge in [-0.25, -0.2) is 4.39 Å². The highest BCUT2D eigenvalue weighted by Crippen LogP contribution is 2.41. The van der Waals surface area contributed by atoms with E-state index in [0.717, 1.165) is 30.6 Å². The summed E-state index contributed by atoms with van der Waals surface area (Å²) in [6.07, 6.45) is 3.21. The Morgan fingerprint density at radius 1 is 1.28 bits per heavy atom. The number of fused-ring (bicyclic) bond motifs is 1. The molecule has 0 radical (unpaired) electrons. The molecule has 1 aliphatic heterocycles. The van der Waals surface area contributed by atoms with Crippen LogP contribution in [0.5, 0.6) is 0 Å². The average molecular weight is 249 g/mol. The second kappa shape index (κ2) is 4.54. The molecule has 1 aromatic carbocycles. The van der Waals surface area contributed by atoms with Gasteiger partial charge in [0.2, 0.25) is 0 Å². The fourth-order valence-corrected chi connectivity index (χ4v) is 3.65. The third-order valence-electron chi connectivity index (χ3n) is 4.51. The Hall–Kier alpha value is -1.09. The molecule has 3 heteroatoms. The number of anilines is 1. The van der Waals surface area contributed by atoms with Gasteiger partial charge in [0.05, 0.1) is 6.10 Å². The van der Waals surface area contributed by atoms with Crippen LogP contribution >= 0.6 is 0 Å². The second-order valence-corrected chi connectivity index (χ2v) is 5.70. The molecule has 0 amide bonds. The minimum atomic E-state index is -0.748. The van der Waals surface area contributed by atoms with Crippen molar-refractivity contribution in [1.82, 2.24) is 0 Å². The first-order valence-electron chi connectivity index (χ1n) is 6.88. The van der Waals surface area contributed by atoms with Crippen LogP contribution in [0.1, 0.15) is 37.9 Å². The number of rotatable bonds is 2. The van der Waals surface area contributed by atoms with Crippen LogP contribution < -0.4 is 4.90 Å². The van der Waals surface area contributed by atoms with Gasteiger partial charge in [0.25, 0.3) is 0 Å². The van der Waals surface area contributed by atoms with E-state index in [1.165, 1.54) is 25.3 Å². The molecule has 1 N–H and O–H groups in total. The lowest BCUT2D eigenvalue weighted by Gasteiger charge is -2.24. The van der Waals surface area contributed by atoms with Crippen molar-refractivity contribution in [2.24, 2.45) is 11.8 Å². The number of aliphatic hydroxyl groups excluding tert-OH is 1. The zero-order valence-electron chi connectivity index (χ0n) is 10.8. The van der Waals surface area contributed by atoms with Crippen LogP contribution in [-0.2, 0) is 0 Å². The highest BCUT2D eigenvalue weighted by atomic mass is 19.1. The molecule has 3 atom stereocenters. The van der Waals surface area contributed by atoms with Crippen LogP contribution in [0.25, 0.3) is 0 Å². The summed E-state index contributed by atoms with van der Waals surface area (Å²) in [5.41, 5.74) is 1.34. The van der Waals surface area contributed by atoms with Gasteiger partial charge < -0.3 is 10.0 Å². The van der Waals surface area contributed by atoms with Crippen LogP contribution in [0.3, 0.4) is 0 Å². The smallest absolute Gasteiger partial charge is 0.131 e. The van der Waals surface area contributed by atoms with E-state index >= 15 is 0 Å². The van der Waals surface area contributed by atoms with E-state index in [9.17, 15) is 9.50 Å². The predicted octanol–water partition coefficient (Wildman–Crippen LogP) is 3.12. The minimum Gasteiger partial charge on any atom is -0.389 e. The Morgan fingerprint density at radius 2 is 1.94 bits per heavy atom. The molecule has 2 aliphatic rings. The van der Waals surface area contributed by atoms with Gasteiger partial charge in [0, 0.05) is 24.3 Å². The molecule has 0 spiro atoms. The standard InChI is InChI=1S/C15H20FNO/c1-10(18)15-13(16)6-3-7-14(15)17-8-11-4-2-5-12(11)9-17/h3,6-7,10-12,18H,2,4-5,8-9H2,1H3/t10-,11?,12?/m0/s1. The van der Waals surface area contributed by atoms with Crippen LogP contribution in [0.15, 0.2) is 18.2 Å². The Labute approximate surface area is 107 Å². The number of hydrogen-bond donors (Lipinski definition) is 1. The molecule has 98 valence electrons. The molecule has 0 aromatic heterocycles. The fourth-order valence-electron chi connectivity index (χ4n) is 3.65. The van der Waals surface area contributed by atoms with Gasteiger partial charge in [-0.05, 0) is 43.7 Å². The molecule has 0 bridgehead atoms. The highest BCUT2D eigenvalue weighted by molar-refractivity contribution is 5.56. The zero-order valence-corrected chi connectivity index (χ0v) is 10.8. The Kier molecular flexibility index (Phi) is 3.02. The zero-order chi connectivity index (χ0) is 12.7. The Morgan fingerprint density at radius 3 is 2.56 bits per heavy atom. The largest absolute Gasteiger partial charge is 0.389 e. The van der Waals surface area contributed by atoms with Crippen molar-refractivity contribution < 1.29 is 9.50 Å². The third kappa shape index (κ3) is 1.91. The summed E-state index contributed by atoms with van der Waals surface area (Å²) < 4.78 is 13.9. The molecule has 1 aliphatic carbocycles. The summed E-state index contributed by atoms with van der Waals surface area (Å²) in [4.78, 5) is 2.26. The summed E-state index contributed by atoms with van der Waals surface area (Å²) >= 11 is 0. The SMILES string of the molecule is C[C@H](O)c1c(F)cccc1N1CC2CCCC2C1. The van der Waals surface area contributed by atoms with Crippen molar-refractivity contribution in [2.75, 3.05) is 18.0 Å². The van der Waals surface area contributed by atoms with E-state index in [-0.39, 0.29) is 5.82 Å². The maximum atomic E-state index is 13.9. The van der Waals surface area contributed by atoms with E-state index in [4.69, 9.17) is 0 Å². The van der Waals surface area contributed by atoms with Gasteiger partial charge in [-0.15, -0.1) is 0 Å². The van der Waals surface area contributed by atoms with E-state index in [1.807, 2.05) is 6.07 Å². The van der Waals surface area contributed by atoms with E-state index in [2.05, 4.69) is 4.90 Å². The van der Waals surface area contributed by atoms with Crippen LogP contribution in [0.2, 0.25) is 0 Å². The summed E-state index contributed by atoms with van der Waals surface area (Å²) in [5.74, 6) is 1.25. The van der Waals surface area contributed by atoms with Gasteiger partial charge in [-0.1, -0.05) is 12.5 Å². The Bertz CT molecular complexity index is 434. The monoisotopic (exact) mass is 249 g/mol. The predicted molar refractivity (Wildman–Crippen MR) is 70.1 cm³/mol. The summed E-state index contributed by atoms with van der Waals surface area (Å²) in [6, 6.07) is 5.11. The lowest BCUT2D eigenvalue weighted by atomic mass is 10.0. The van der Waals surface area contributed by atoms with Gasteiger partial charge in [0.1, 0.15) is 5.82 Å². The van der Waals surface area contributed by atoms with Crippen molar-refractivity contribution in [3.05, 3.63) is 29.6 Å². The Balaban J connectivity index is 1.91. The first-order valence-corrected chi connectivity index (χ1v) is 6.88. The van der Waals surface area contributed by atoms with Crippen molar-refractivity contribution in [1.29, 1.82) is 0 Å². The minimum absolute atomic E-state index is 0.292. The quantitative estimate of drug-likeness (QED) is 0.870. The third-order valence-corrected chi connectivity index (χ3v) is 4.51. The highest BCUT2D eigenvalue weighted by Gasteiger charge is 2.37. The maximum Gasteiger partial charge on any atom is 0.131 e. The molecule has 2 unspecified atom stereocenters. The summed E-state index contributed by atoms with van der Waals surface area (Å²) in [5, 5.41) is 9.78. The van der Waals surface area contributed by atoms with Gasteiger partial charge >= 0.3 is 0 Å². The second-order valence-electron chi connectivity index (χ2n) is 5.70. The van der Waals surface area contributed by atoms with Gasteiger partial charge in [-0.3, -0.25) is 0 Å². The molecule has 2 nitrogen and oxygen atoms in total. The lowest BCUT2D eigenvalue weighted by molar-refractivity contribution is 0.194. The lowest BCUT2D eigenvalue weighted by Crippen LogP contribution is -2.23. The first kappa shape index (κ1) is 12.0. The fraction of sp³-hybridized carbons (Fsp3) is 0.600. The maximum absolute atomic E-state index is 13.9. The van der Waals surface area contributed by atoms with E-state index in [1.54, 1.807) is 13.0 Å². The van der Waals surface area contributed by atoms with Crippen molar-refractivity contribution in [3.8, 4) is 0 Å². The molecular weight excluding hydrogens is 229 g/mol. The van der Waals surface area contributed by atoms with E-state index < -0.39 is 6.10 Å².